The molecule has 1 fully saturated rings. The molecule has 1 saturated heterocycles. The molecule has 6 aromatic rings. The van der Waals surface area contributed by atoms with E-state index in [1.165, 1.54) is 0 Å². The van der Waals surface area contributed by atoms with Crippen molar-refractivity contribution in [3.63, 3.8) is 0 Å². The van der Waals surface area contributed by atoms with Gasteiger partial charge in [0.1, 0.15) is 0 Å². The number of carboxylic acid groups (broad SMARTS) is 2. The van der Waals surface area contributed by atoms with E-state index in [1.807, 2.05) is 86.3 Å². The summed E-state index contributed by atoms with van der Waals surface area (Å²) < 4.78 is 0. The number of rotatable bonds is 9. The van der Waals surface area contributed by atoms with Gasteiger partial charge in [0.2, 0.25) is 0 Å². The maximum atomic E-state index is 12.7. The van der Waals surface area contributed by atoms with Crippen LogP contribution in [0.5, 0.6) is 0 Å². The molecule has 0 bridgehead atoms. The average Bonchev–Trinajstić information content (AvgIpc) is 3.72. The maximum absolute atomic E-state index is 12.7. The lowest BCUT2D eigenvalue weighted by molar-refractivity contribution is 0.0687. The summed E-state index contributed by atoms with van der Waals surface area (Å²) in [6.07, 6.45) is 6.99. The maximum Gasteiger partial charge on any atom is 0.337 e. The molecule has 0 radical (unpaired) electrons. The monoisotopic (exact) mass is 754 g/mol. The molecule has 12 heteroatoms. The number of nitrogens with one attached hydrogen (secondary N) is 2. The Hall–Kier alpha value is -6.59. The van der Waals surface area contributed by atoms with Crippen molar-refractivity contribution in [2.45, 2.75) is 33.6 Å². The zero-order valence-electron chi connectivity index (χ0n) is 30.5. The minimum absolute atomic E-state index is 0.0656. The van der Waals surface area contributed by atoms with Crippen molar-refractivity contribution < 1.29 is 24.6 Å². The normalized spacial score (nSPS) is 12.0. The number of pyridine rings is 1. The summed E-state index contributed by atoms with van der Waals surface area (Å²) in [5.74, 6) is -1.40. The van der Waals surface area contributed by atoms with Gasteiger partial charge >= 0.3 is 11.9 Å². The van der Waals surface area contributed by atoms with Gasteiger partial charge < -0.3 is 25.7 Å². The van der Waals surface area contributed by atoms with E-state index in [1.54, 1.807) is 48.9 Å². The molecule has 4 aromatic carbocycles. The Bertz CT molecular complexity index is 2380. The van der Waals surface area contributed by atoms with Gasteiger partial charge in [0.05, 0.1) is 63.2 Å². The number of hydrogen-bond donors (Lipinski definition) is 4. The number of carboxylic acids is 2. The number of aromatic nitrogens is 3. The van der Waals surface area contributed by atoms with E-state index in [2.05, 4.69) is 25.6 Å². The molecule has 278 valence electrons. The molecule has 55 heavy (non-hydrogen) atoms. The van der Waals surface area contributed by atoms with Crippen LogP contribution in [0.15, 0.2) is 110 Å². The van der Waals surface area contributed by atoms with E-state index in [9.17, 15) is 24.6 Å². The van der Waals surface area contributed by atoms with Crippen LogP contribution in [-0.2, 0) is 0 Å². The smallest absolute Gasteiger partial charge is 0.337 e. The number of carbonyl (C=O) groups excluding carboxylic acids is 1. The van der Waals surface area contributed by atoms with E-state index < -0.39 is 11.9 Å². The summed E-state index contributed by atoms with van der Waals surface area (Å²) in [5.41, 5.74) is 8.51. The molecule has 0 unspecified atom stereocenters. The van der Waals surface area contributed by atoms with Crippen molar-refractivity contribution in [3.8, 4) is 22.6 Å². The number of hydrogen-bond acceptors (Lipinski definition) is 8. The number of aryl methyl sites for hydroxylation is 3. The molecule has 4 N–H and O–H groups in total. The number of amides is 1. The van der Waals surface area contributed by atoms with Crippen LogP contribution in [0, 0.1) is 20.8 Å². The molecule has 0 atom stereocenters. The first kappa shape index (κ1) is 38.1. The Morgan fingerprint density at radius 2 is 1.25 bits per heavy atom. The van der Waals surface area contributed by atoms with E-state index in [0.29, 0.717) is 39.2 Å². The van der Waals surface area contributed by atoms with Crippen molar-refractivity contribution in [3.05, 3.63) is 148 Å². The van der Waals surface area contributed by atoms with E-state index in [0.717, 1.165) is 59.4 Å². The fourth-order valence-electron chi connectivity index (χ4n) is 6.22. The number of halogens is 1. The average molecular weight is 755 g/mol. The zero-order valence-corrected chi connectivity index (χ0v) is 31.3. The molecule has 0 spiro atoms. The highest BCUT2D eigenvalue weighted by Crippen LogP contribution is 2.29. The Balaban J connectivity index is 0.000000193. The van der Waals surface area contributed by atoms with E-state index in [-0.39, 0.29) is 17.0 Å². The number of nitrogens with zero attached hydrogens (tertiary/aromatic N) is 4. The molecule has 0 aliphatic carbocycles. The highest BCUT2D eigenvalue weighted by atomic mass is 35.5. The van der Waals surface area contributed by atoms with Crippen LogP contribution in [0.2, 0.25) is 5.02 Å². The van der Waals surface area contributed by atoms with Crippen molar-refractivity contribution in [1.29, 1.82) is 0 Å². The van der Waals surface area contributed by atoms with Gasteiger partial charge in [-0.3, -0.25) is 9.78 Å². The van der Waals surface area contributed by atoms with Gasteiger partial charge in [-0.05, 0) is 93.8 Å². The van der Waals surface area contributed by atoms with Crippen LogP contribution >= 0.6 is 11.6 Å². The minimum Gasteiger partial charge on any atom is -0.478 e. The summed E-state index contributed by atoms with van der Waals surface area (Å²) in [5, 5.41) is 25.6. The van der Waals surface area contributed by atoms with Gasteiger partial charge in [0.15, 0.2) is 5.82 Å². The van der Waals surface area contributed by atoms with Crippen LogP contribution in [0.4, 0.5) is 22.7 Å². The van der Waals surface area contributed by atoms with Crippen molar-refractivity contribution in [2.75, 3.05) is 23.7 Å². The first-order valence-corrected chi connectivity index (χ1v) is 18.0. The summed E-state index contributed by atoms with van der Waals surface area (Å²) >= 11 is 6.14. The van der Waals surface area contributed by atoms with Gasteiger partial charge in [-0.2, -0.15) is 0 Å². The number of carbonyl (C=O) groups is 3. The number of benzene rings is 4. The van der Waals surface area contributed by atoms with E-state index in [4.69, 9.17) is 11.6 Å². The summed E-state index contributed by atoms with van der Waals surface area (Å²) in [4.78, 5) is 50.7. The summed E-state index contributed by atoms with van der Waals surface area (Å²) in [6.45, 7) is 7.29. The molecule has 11 nitrogen and oxygen atoms in total. The van der Waals surface area contributed by atoms with Crippen molar-refractivity contribution >= 4 is 52.2 Å². The summed E-state index contributed by atoms with van der Waals surface area (Å²) in [6, 6.07) is 27.3. The number of likely N-dealkylation sites (tertiary alicyclic amines) is 1. The quantitative estimate of drug-likeness (QED) is 0.112. The summed E-state index contributed by atoms with van der Waals surface area (Å²) in [7, 11) is 0. The van der Waals surface area contributed by atoms with E-state index >= 15 is 0 Å². The molecular formula is C43H39ClN6O5. The SMILES string of the molecule is Cc1ccc(Nc2cnc(-c3cccc(C(=O)N4CCCC4)c3)c(C)c2)c(C(=O)O)c1.Cc1ccc(Nc2cnc(-c3ccccc3Cl)nc2)c(C(=O)O)c1. The fraction of sp³-hybridized carbons (Fsp3) is 0.163. The van der Waals surface area contributed by atoms with Crippen LogP contribution in [0.1, 0.15) is 60.6 Å². The lowest BCUT2D eigenvalue weighted by Gasteiger charge is -2.16. The Kier molecular flexibility index (Phi) is 11.8. The van der Waals surface area contributed by atoms with Crippen LogP contribution < -0.4 is 10.6 Å². The largest absolute Gasteiger partial charge is 0.478 e. The predicted molar refractivity (Wildman–Crippen MR) is 215 cm³/mol. The van der Waals surface area contributed by atoms with Gasteiger partial charge in [-0.15, -0.1) is 0 Å². The lowest BCUT2D eigenvalue weighted by atomic mass is 10.0. The predicted octanol–water partition coefficient (Wildman–Crippen LogP) is 9.59. The first-order chi connectivity index (χ1) is 26.5. The third-order valence-electron chi connectivity index (χ3n) is 8.99. The second kappa shape index (κ2) is 17.0. The number of aromatic carboxylic acids is 2. The van der Waals surface area contributed by atoms with Gasteiger partial charge in [-0.25, -0.2) is 19.6 Å². The first-order valence-electron chi connectivity index (χ1n) is 17.6. The molecular weight excluding hydrogens is 716 g/mol. The Morgan fingerprint density at radius 1 is 0.673 bits per heavy atom. The zero-order chi connectivity index (χ0) is 39.1. The second-order valence-electron chi connectivity index (χ2n) is 13.2. The van der Waals surface area contributed by atoms with Crippen molar-refractivity contribution in [2.24, 2.45) is 0 Å². The minimum atomic E-state index is -0.991. The topological polar surface area (TPSA) is 158 Å². The molecule has 1 amide bonds. The van der Waals surface area contributed by atoms with Crippen molar-refractivity contribution in [1.82, 2.24) is 19.9 Å². The van der Waals surface area contributed by atoms with Crippen LogP contribution in [0.3, 0.4) is 0 Å². The third kappa shape index (κ3) is 9.32. The Morgan fingerprint density at radius 3 is 1.84 bits per heavy atom. The highest BCUT2D eigenvalue weighted by molar-refractivity contribution is 6.33. The molecule has 1 aliphatic rings. The molecule has 2 aromatic heterocycles. The molecule has 7 rings (SSSR count). The number of anilines is 4. The molecule has 1 aliphatic heterocycles. The third-order valence-corrected chi connectivity index (χ3v) is 9.32. The van der Waals surface area contributed by atoms with Gasteiger partial charge in [0.25, 0.3) is 5.91 Å². The van der Waals surface area contributed by atoms with Crippen LogP contribution in [0.25, 0.3) is 22.6 Å². The fourth-order valence-corrected chi connectivity index (χ4v) is 6.44. The Labute approximate surface area is 323 Å². The van der Waals surface area contributed by atoms with Gasteiger partial charge in [0, 0.05) is 29.8 Å². The van der Waals surface area contributed by atoms with Gasteiger partial charge in [-0.1, -0.05) is 59.1 Å². The standard InChI is InChI=1S/C25H25N3O3.C18H14ClN3O2/c1-16-8-9-22(21(12-16)25(30)31)27-20-13-17(2)23(26-15-20)18-6-5-7-19(14-18)24(29)28-10-3-4-11-28;1-11-6-7-16(14(8-11)18(23)24)22-12-9-20-17(21-10-12)13-4-2-3-5-15(13)19/h5-9,12-15,27H,3-4,10-11H2,1-2H3,(H,30,31);2-10,22H,1H3,(H,23,24). The molecule has 3 heterocycles. The second-order valence-corrected chi connectivity index (χ2v) is 13.6. The molecule has 0 saturated carbocycles. The lowest BCUT2D eigenvalue weighted by Crippen LogP contribution is -2.27. The highest BCUT2D eigenvalue weighted by Gasteiger charge is 2.20. The van der Waals surface area contributed by atoms with Crippen LogP contribution in [-0.4, -0.2) is 61.0 Å².